The first kappa shape index (κ1) is 11.9. The highest BCUT2D eigenvalue weighted by Gasteiger charge is 2.17. The van der Waals surface area contributed by atoms with Gasteiger partial charge in [-0.05, 0) is 31.5 Å². The van der Waals surface area contributed by atoms with E-state index < -0.39 is 0 Å². The molecule has 17 heavy (non-hydrogen) atoms. The van der Waals surface area contributed by atoms with E-state index in [2.05, 4.69) is 11.9 Å². The number of aromatic nitrogens is 1. The Hall–Kier alpha value is -1.61. The number of para-hydroxylation sites is 1. The van der Waals surface area contributed by atoms with Crippen LogP contribution in [-0.2, 0) is 0 Å². The lowest BCUT2D eigenvalue weighted by Gasteiger charge is -2.23. The second-order valence-corrected chi connectivity index (χ2v) is 4.62. The molecular formula is C14H18N2O. The summed E-state index contributed by atoms with van der Waals surface area (Å²) in [5.41, 5.74) is 6.72. The van der Waals surface area contributed by atoms with Crippen molar-refractivity contribution < 1.29 is 4.74 Å². The third-order valence-electron chi connectivity index (χ3n) is 2.97. The molecule has 90 valence electrons. The number of hydrogen-bond donors (Lipinski definition) is 1. The lowest BCUT2D eigenvalue weighted by atomic mass is 10.0. The van der Waals surface area contributed by atoms with E-state index in [1.165, 1.54) is 0 Å². The van der Waals surface area contributed by atoms with Crippen LogP contribution >= 0.6 is 0 Å². The summed E-state index contributed by atoms with van der Waals surface area (Å²) in [6, 6.07) is 9.83. The maximum Gasteiger partial charge on any atom is 0.130 e. The van der Waals surface area contributed by atoms with Gasteiger partial charge in [0.05, 0.1) is 5.52 Å². The van der Waals surface area contributed by atoms with Crippen molar-refractivity contribution in [2.75, 3.05) is 6.61 Å². The highest BCUT2D eigenvalue weighted by Crippen LogP contribution is 2.24. The summed E-state index contributed by atoms with van der Waals surface area (Å²) in [4.78, 5) is 4.30. The largest absolute Gasteiger partial charge is 0.491 e. The Bertz CT molecular complexity index is 503. The molecule has 2 aromatic rings. The Morgan fingerprint density at radius 2 is 2.06 bits per heavy atom. The first-order chi connectivity index (χ1) is 8.12. The molecule has 0 fully saturated rings. The fraction of sp³-hybridized carbons (Fsp3) is 0.357. The van der Waals surface area contributed by atoms with Crippen molar-refractivity contribution in [2.24, 2.45) is 5.73 Å². The maximum absolute atomic E-state index is 6.07. The average molecular weight is 230 g/mol. The quantitative estimate of drug-likeness (QED) is 0.878. The zero-order valence-electron chi connectivity index (χ0n) is 10.3. The van der Waals surface area contributed by atoms with Crippen molar-refractivity contribution in [3.8, 4) is 5.75 Å². The van der Waals surface area contributed by atoms with Crippen LogP contribution in [0, 0.1) is 0 Å². The number of rotatable bonds is 4. The van der Waals surface area contributed by atoms with E-state index in [1.54, 1.807) is 6.20 Å². The van der Waals surface area contributed by atoms with Crippen LogP contribution in [0.1, 0.15) is 20.3 Å². The van der Waals surface area contributed by atoms with Gasteiger partial charge in [0.25, 0.3) is 0 Å². The van der Waals surface area contributed by atoms with Gasteiger partial charge >= 0.3 is 0 Å². The third-order valence-corrected chi connectivity index (χ3v) is 2.97. The molecule has 0 radical (unpaired) electrons. The summed E-state index contributed by atoms with van der Waals surface area (Å²) in [5.74, 6) is 0.848. The van der Waals surface area contributed by atoms with Crippen molar-refractivity contribution in [3.05, 3.63) is 36.5 Å². The summed E-state index contributed by atoms with van der Waals surface area (Å²) >= 11 is 0. The van der Waals surface area contributed by atoms with Crippen LogP contribution in [0.2, 0.25) is 0 Å². The van der Waals surface area contributed by atoms with Crippen molar-refractivity contribution in [2.45, 2.75) is 25.8 Å². The monoisotopic (exact) mass is 230 g/mol. The number of ether oxygens (including phenoxy) is 1. The van der Waals surface area contributed by atoms with Gasteiger partial charge in [-0.1, -0.05) is 19.1 Å². The molecule has 0 amide bonds. The minimum atomic E-state index is -0.287. The molecule has 3 heteroatoms. The van der Waals surface area contributed by atoms with E-state index in [0.717, 1.165) is 23.1 Å². The van der Waals surface area contributed by atoms with E-state index in [1.807, 2.05) is 37.3 Å². The van der Waals surface area contributed by atoms with E-state index in [9.17, 15) is 0 Å². The number of nitrogens with zero attached hydrogens (tertiary/aromatic N) is 1. The summed E-state index contributed by atoms with van der Waals surface area (Å²) < 4.78 is 5.81. The van der Waals surface area contributed by atoms with Gasteiger partial charge in [-0.25, -0.2) is 0 Å². The van der Waals surface area contributed by atoms with Gasteiger partial charge in [0.1, 0.15) is 12.4 Å². The zero-order valence-corrected chi connectivity index (χ0v) is 10.3. The predicted octanol–water partition coefficient (Wildman–Crippen LogP) is 2.74. The topological polar surface area (TPSA) is 48.1 Å². The van der Waals surface area contributed by atoms with E-state index in [0.29, 0.717) is 6.61 Å². The highest BCUT2D eigenvalue weighted by molar-refractivity contribution is 5.84. The zero-order chi connectivity index (χ0) is 12.3. The number of benzene rings is 1. The summed E-state index contributed by atoms with van der Waals surface area (Å²) in [5, 5.41) is 1.03. The van der Waals surface area contributed by atoms with Gasteiger partial charge < -0.3 is 10.5 Å². The van der Waals surface area contributed by atoms with Crippen molar-refractivity contribution in [1.82, 2.24) is 4.98 Å². The number of fused-ring (bicyclic) bond motifs is 1. The van der Waals surface area contributed by atoms with Gasteiger partial charge in [-0.3, -0.25) is 4.98 Å². The SMILES string of the molecule is CCC(C)(N)COc1ccnc2ccccc12. The molecule has 1 heterocycles. The van der Waals surface area contributed by atoms with Crippen molar-refractivity contribution in [3.63, 3.8) is 0 Å². The van der Waals surface area contributed by atoms with Crippen LogP contribution in [0.5, 0.6) is 5.75 Å². The standard InChI is InChI=1S/C14H18N2O/c1-3-14(2,15)10-17-13-8-9-16-12-7-5-4-6-11(12)13/h4-9H,3,10,15H2,1-2H3. The van der Waals surface area contributed by atoms with Gasteiger partial charge in [0, 0.05) is 17.1 Å². The van der Waals surface area contributed by atoms with Crippen molar-refractivity contribution >= 4 is 10.9 Å². The predicted molar refractivity (Wildman–Crippen MR) is 70.1 cm³/mol. The summed E-state index contributed by atoms with van der Waals surface area (Å²) in [6.07, 6.45) is 2.65. The molecule has 2 rings (SSSR count). The summed E-state index contributed by atoms with van der Waals surface area (Å²) in [7, 11) is 0. The van der Waals surface area contributed by atoms with Gasteiger partial charge in [0.15, 0.2) is 0 Å². The first-order valence-electron chi connectivity index (χ1n) is 5.88. The Kier molecular flexibility index (Phi) is 3.29. The minimum absolute atomic E-state index is 0.287. The van der Waals surface area contributed by atoms with Crippen LogP contribution in [0.4, 0.5) is 0 Å². The van der Waals surface area contributed by atoms with E-state index >= 15 is 0 Å². The Balaban J connectivity index is 2.24. The number of hydrogen-bond acceptors (Lipinski definition) is 3. The molecule has 2 N–H and O–H groups in total. The van der Waals surface area contributed by atoms with Gasteiger partial charge in [0.2, 0.25) is 0 Å². The molecule has 0 aliphatic heterocycles. The summed E-state index contributed by atoms with van der Waals surface area (Å²) in [6.45, 7) is 4.57. The van der Waals surface area contributed by atoms with Crippen LogP contribution in [0.3, 0.4) is 0 Å². The molecule has 0 saturated heterocycles. The van der Waals surface area contributed by atoms with Crippen LogP contribution in [-0.4, -0.2) is 17.1 Å². The van der Waals surface area contributed by atoms with Crippen LogP contribution in [0.25, 0.3) is 10.9 Å². The lowest BCUT2D eigenvalue weighted by Crippen LogP contribution is -2.41. The molecule has 1 atom stereocenters. The molecule has 1 unspecified atom stereocenters. The Labute approximate surface area is 102 Å². The fourth-order valence-electron chi connectivity index (χ4n) is 1.54. The van der Waals surface area contributed by atoms with Gasteiger partial charge in [-0.2, -0.15) is 0 Å². The fourth-order valence-corrected chi connectivity index (χ4v) is 1.54. The van der Waals surface area contributed by atoms with Crippen molar-refractivity contribution in [1.29, 1.82) is 0 Å². The second-order valence-electron chi connectivity index (χ2n) is 4.62. The molecule has 0 spiro atoms. The molecule has 3 nitrogen and oxygen atoms in total. The normalized spacial score (nSPS) is 14.5. The number of pyridine rings is 1. The second kappa shape index (κ2) is 4.72. The first-order valence-corrected chi connectivity index (χ1v) is 5.88. The third kappa shape index (κ3) is 2.74. The average Bonchev–Trinajstić information content (AvgIpc) is 2.36. The van der Waals surface area contributed by atoms with Crippen LogP contribution < -0.4 is 10.5 Å². The Morgan fingerprint density at radius 3 is 2.82 bits per heavy atom. The Morgan fingerprint density at radius 1 is 1.29 bits per heavy atom. The molecule has 1 aromatic carbocycles. The number of nitrogens with two attached hydrogens (primary N) is 1. The molecule has 0 bridgehead atoms. The minimum Gasteiger partial charge on any atom is -0.491 e. The molecule has 0 aliphatic carbocycles. The molecule has 0 aliphatic rings. The lowest BCUT2D eigenvalue weighted by molar-refractivity contribution is 0.228. The van der Waals surface area contributed by atoms with Crippen LogP contribution in [0.15, 0.2) is 36.5 Å². The molecule has 1 aromatic heterocycles. The molecular weight excluding hydrogens is 212 g/mol. The van der Waals surface area contributed by atoms with E-state index in [-0.39, 0.29) is 5.54 Å². The maximum atomic E-state index is 6.07. The molecule has 0 saturated carbocycles. The highest BCUT2D eigenvalue weighted by atomic mass is 16.5. The van der Waals surface area contributed by atoms with E-state index in [4.69, 9.17) is 10.5 Å². The smallest absolute Gasteiger partial charge is 0.130 e. The van der Waals surface area contributed by atoms with Gasteiger partial charge in [-0.15, -0.1) is 0 Å².